The fraction of sp³-hybridized carbons (Fsp3) is 0.945. The van der Waals surface area contributed by atoms with Crippen LogP contribution in [0, 0.1) is 11.8 Å². The van der Waals surface area contributed by atoms with E-state index in [0.717, 1.165) is 108 Å². The molecule has 0 aliphatic rings. The smallest absolute Gasteiger partial charge is 0.462 e. The second-order valence-corrected chi connectivity index (χ2v) is 30.2. The van der Waals surface area contributed by atoms with E-state index in [0.29, 0.717) is 25.7 Å². The molecule has 17 nitrogen and oxygen atoms in total. The molecule has 0 aliphatic carbocycles. The van der Waals surface area contributed by atoms with Crippen LogP contribution in [0.1, 0.15) is 375 Å². The molecule has 0 bridgehead atoms. The summed E-state index contributed by atoms with van der Waals surface area (Å²) in [5.74, 6) is -0.533. The lowest BCUT2D eigenvalue weighted by atomic mass is 10.0. The van der Waals surface area contributed by atoms with Crippen molar-refractivity contribution in [3.05, 3.63) is 0 Å². The second-order valence-electron chi connectivity index (χ2n) is 27.3. The number of carbonyl (C=O) groups is 4. The van der Waals surface area contributed by atoms with E-state index in [1.54, 1.807) is 0 Å². The van der Waals surface area contributed by atoms with Crippen LogP contribution in [0.25, 0.3) is 0 Å². The van der Waals surface area contributed by atoms with E-state index in [2.05, 4.69) is 41.5 Å². The molecule has 0 rings (SSSR count). The Balaban J connectivity index is 5.15. The molecule has 3 N–H and O–H groups in total. The third-order valence-electron chi connectivity index (χ3n) is 17.0. The number of carbonyl (C=O) groups excluding carboxylic acids is 4. The zero-order valence-corrected chi connectivity index (χ0v) is 61.6. The van der Waals surface area contributed by atoms with Crippen molar-refractivity contribution in [3.63, 3.8) is 0 Å². The van der Waals surface area contributed by atoms with Gasteiger partial charge in [-0.1, -0.05) is 324 Å². The van der Waals surface area contributed by atoms with Gasteiger partial charge >= 0.3 is 39.5 Å². The summed E-state index contributed by atoms with van der Waals surface area (Å²) in [7, 11) is -9.90. The molecule has 0 radical (unpaired) electrons. The first-order valence-corrected chi connectivity index (χ1v) is 41.0. The van der Waals surface area contributed by atoms with Crippen molar-refractivity contribution in [3.8, 4) is 0 Å². The Hall–Kier alpha value is -1.94. The molecule has 0 saturated heterocycles. The fourth-order valence-corrected chi connectivity index (χ4v) is 12.7. The van der Waals surface area contributed by atoms with E-state index in [9.17, 15) is 43.2 Å². The predicted octanol–water partition coefficient (Wildman–Crippen LogP) is 21.2. The van der Waals surface area contributed by atoms with Gasteiger partial charge in [-0.15, -0.1) is 0 Å². The number of unbranched alkanes of at least 4 members (excludes halogenated alkanes) is 42. The zero-order chi connectivity index (χ0) is 67.9. The van der Waals surface area contributed by atoms with Gasteiger partial charge in [-0.2, -0.15) is 0 Å². The van der Waals surface area contributed by atoms with Gasteiger partial charge in [0.2, 0.25) is 0 Å². The molecule has 2 unspecified atom stereocenters. The van der Waals surface area contributed by atoms with Crippen LogP contribution >= 0.6 is 15.6 Å². The van der Waals surface area contributed by atoms with Crippen LogP contribution < -0.4 is 0 Å². The van der Waals surface area contributed by atoms with Crippen LogP contribution in [0.15, 0.2) is 0 Å². The summed E-state index contributed by atoms with van der Waals surface area (Å²) in [5.41, 5.74) is 0. The van der Waals surface area contributed by atoms with Gasteiger partial charge in [0.05, 0.1) is 26.4 Å². The lowest BCUT2D eigenvalue weighted by molar-refractivity contribution is -0.161. The highest BCUT2D eigenvalue weighted by molar-refractivity contribution is 7.47. The van der Waals surface area contributed by atoms with Crippen molar-refractivity contribution in [2.24, 2.45) is 11.8 Å². The van der Waals surface area contributed by atoms with Gasteiger partial charge in [-0.25, -0.2) is 9.13 Å². The van der Waals surface area contributed by atoms with Crippen LogP contribution in [0.2, 0.25) is 0 Å². The molecule has 0 heterocycles. The van der Waals surface area contributed by atoms with Crippen LogP contribution in [0.5, 0.6) is 0 Å². The van der Waals surface area contributed by atoms with E-state index in [-0.39, 0.29) is 25.7 Å². The van der Waals surface area contributed by atoms with E-state index < -0.39 is 97.5 Å². The normalized spacial score (nSPS) is 14.1. The summed E-state index contributed by atoms with van der Waals surface area (Å²) in [6.45, 7) is 9.57. The lowest BCUT2D eigenvalue weighted by Gasteiger charge is -2.21. The van der Waals surface area contributed by atoms with Gasteiger partial charge in [0.25, 0.3) is 0 Å². The first-order valence-electron chi connectivity index (χ1n) is 38.0. The van der Waals surface area contributed by atoms with E-state index in [4.69, 9.17) is 37.0 Å². The molecule has 0 aliphatic heterocycles. The van der Waals surface area contributed by atoms with Crippen molar-refractivity contribution in [2.45, 2.75) is 394 Å². The number of ether oxygens (including phenoxy) is 4. The number of aliphatic hydroxyl groups is 1. The number of phosphoric ester groups is 2. The Morgan fingerprint density at radius 2 is 0.500 bits per heavy atom. The highest BCUT2D eigenvalue weighted by atomic mass is 31.2. The standard InChI is InChI=1S/C73H142O17P2/c1-7-9-11-13-15-30-39-45-51-57-72(77)89-68(61-83-70(75)55-49-43-37-16-14-12-10-8-2)63-87-91(79,80)85-59-67(74)60-86-92(81,82)88-64-69(62-84-71(76)56-50-44-38-33-29-25-27-32-36-42-48-54-66(5)6)90-73(78)58-52-46-40-34-28-24-22-20-18-17-19-21-23-26-31-35-41-47-53-65(3)4/h65-69,74H,7-64H2,1-6H3,(H,79,80)(H,81,82)/t67-,68+,69+/m0/s1. The van der Waals surface area contributed by atoms with Crippen molar-refractivity contribution >= 4 is 39.5 Å². The first-order chi connectivity index (χ1) is 44.4. The van der Waals surface area contributed by atoms with Gasteiger partial charge in [-0.05, 0) is 37.5 Å². The van der Waals surface area contributed by atoms with Gasteiger partial charge in [0.1, 0.15) is 19.3 Å². The quantitative estimate of drug-likeness (QED) is 0.0222. The summed E-state index contributed by atoms with van der Waals surface area (Å²) in [4.78, 5) is 72.5. The Bertz CT molecular complexity index is 1790. The summed E-state index contributed by atoms with van der Waals surface area (Å²) >= 11 is 0. The molecule has 5 atom stereocenters. The SMILES string of the molecule is CCCCCCCCCCCC(=O)O[C@H](COC(=O)CCCCCCCCCC)COP(=O)(O)OC[C@H](O)COP(=O)(O)OC[C@@H](COC(=O)CCCCCCCCCCCCCC(C)C)OC(=O)CCCCCCCCCCCCCCCCCCCCC(C)C. The molecule has 0 aromatic heterocycles. The van der Waals surface area contributed by atoms with Gasteiger partial charge in [0, 0.05) is 25.7 Å². The van der Waals surface area contributed by atoms with Crippen molar-refractivity contribution in [2.75, 3.05) is 39.6 Å². The molecule has 546 valence electrons. The predicted molar refractivity (Wildman–Crippen MR) is 372 cm³/mol. The third kappa shape index (κ3) is 66.7. The summed E-state index contributed by atoms with van der Waals surface area (Å²) in [5, 5.41) is 10.6. The number of rotatable bonds is 72. The van der Waals surface area contributed by atoms with Gasteiger partial charge in [-0.3, -0.25) is 37.3 Å². The molecule has 0 aromatic carbocycles. The number of hydrogen-bond donors (Lipinski definition) is 3. The van der Waals surface area contributed by atoms with E-state index in [1.165, 1.54) is 186 Å². The zero-order valence-electron chi connectivity index (χ0n) is 59.9. The molecule has 92 heavy (non-hydrogen) atoms. The Labute approximate surface area is 562 Å². The number of phosphoric acid groups is 2. The van der Waals surface area contributed by atoms with E-state index >= 15 is 0 Å². The first kappa shape index (κ1) is 90.1. The minimum Gasteiger partial charge on any atom is -0.462 e. The van der Waals surface area contributed by atoms with Crippen LogP contribution in [-0.4, -0.2) is 96.7 Å². The number of aliphatic hydroxyl groups excluding tert-OH is 1. The average Bonchev–Trinajstić information content (AvgIpc) is 3.70. The maximum Gasteiger partial charge on any atom is 0.472 e. The highest BCUT2D eigenvalue weighted by Crippen LogP contribution is 2.45. The van der Waals surface area contributed by atoms with Crippen LogP contribution in [0.4, 0.5) is 0 Å². The average molecular weight is 1350 g/mol. The van der Waals surface area contributed by atoms with Crippen LogP contribution in [0.3, 0.4) is 0 Å². The van der Waals surface area contributed by atoms with E-state index in [1.807, 2.05) is 0 Å². The molecule has 19 heteroatoms. The topological polar surface area (TPSA) is 237 Å². The van der Waals surface area contributed by atoms with Crippen molar-refractivity contribution in [1.82, 2.24) is 0 Å². The Morgan fingerprint density at radius 3 is 0.739 bits per heavy atom. The maximum absolute atomic E-state index is 13.1. The van der Waals surface area contributed by atoms with Gasteiger partial charge < -0.3 is 33.8 Å². The summed E-state index contributed by atoms with van der Waals surface area (Å²) in [6.07, 6.45) is 51.5. The second kappa shape index (κ2) is 65.0. The third-order valence-corrected chi connectivity index (χ3v) is 18.9. The molecule has 0 amide bonds. The maximum atomic E-state index is 13.1. The number of hydrogen-bond acceptors (Lipinski definition) is 15. The fourth-order valence-electron chi connectivity index (χ4n) is 11.1. The number of esters is 4. The highest BCUT2D eigenvalue weighted by Gasteiger charge is 2.30. The Morgan fingerprint density at radius 1 is 0.293 bits per heavy atom. The minimum atomic E-state index is -4.95. The molecular weight excluding hydrogens is 1210 g/mol. The molecular formula is C73H142O17P2. The van der Waals surface area contributed by atoms with Gasteiger partial charge in [0.15, 0.2) is 12.2 Å². The molecule has 0 saturated carbocycles. The lowest BCUT2D eigenvalue weighted by Crippen LogP contribution is -2.30. The molecule has 0 aromatic rings. The summed E-state index contributed by atoms with van der Waals surface area (Å²) in [6, 6.07) is 0. The largest absolute Gasteiger partial charge is 0.472 e. The van der Waals surface area contributed by atoms with Crippen molar-refractivity contribution in [1.29, 1.82) is 0 Å². The minimum absolute atomic E-state index is 0.106. The summed E-state index contributed by atoms with van der Waals surface area (Å²) < 4.78 is 68.2. The van der Waals surface area contributed by atoms with Crippen LogP contribution in [-0.2, 0) is 65.4 Å². The van der Waals surface area contributed by atoms with Crippen molar-refractivity contribution < 1.29 is 80.2 Å². The Kier molecular flexibility index (Phi) is 63.7. The molecule has 0 spiro atoms. The molecule has 0 fully saturated rings. The monoisotopic (exact) mass is 1350 g/mol.